The van der Waals surface area contributed by atoms with Gasteiger partial charge >= 0.3 is 18.2 Å². The molecule has 0 bridgehead atoms. The Hall–Kier alpha value is -3.55. The van der Waals surface area contributed by atoms with Gasteiger partial charge in [-0.25, -0.2) is 14.4 Å². The Morgan fingerprint density at radius 2 is 1.59 bits per heavy atom. The summed E-state index contributed by atoms with van der Waals surface area (Å²) in [7, 11) is 0. The molecule has 0 radical (unpaired) electrons. The molecule has 2 amide bonds. The minimum Gasteiger partial charge on any atom is -0.479 e. The molecule has 8 nitrogen and oxygen atoms in total. The Morgan fingerprint density at radius 3 is 2.12 bits per heavy atom. The summed E-state index contributed by atoms with van der Waals surface area (Å²) in [4.78, 5) is 38.6. The van der Waals surface area contributed by atoms with Gasteiger partial charge in [-0.15, -0.1) is 0 Å². The van der Waals surface area contributed by atoms with E-state index in [0.29, 0.717) is 0 Å². The molecule has 178 valence electrons. The van der Waals surface area contributed by atoms with Gasteiger partial charge in [-0.3, -0.25) is 0 Å². The zero-order valence-corrected chi connectivity index (χ0v) is 19.5. The third kappa shape index (κ3) is 3.48. The quantitative estimate of drug-likeness (QED) is 0.709. The van der Waals surface area contributed by atoms with Crippen LogP contribution in [0, 0.1) is 5.41 Å². The molecule has 1 saturated heterocycles. The summed E-state index contributed by atoms with van der Waals surface area (Å²) in [5.41, 5.74) is 1.64. The molecule has 1 unspecified atom stereocenters. The number of carbonyl (C=O) groups excluding carboxylic acids is 2. The average Bonchev–Trinajstić information content (AvgIpc) is 3.32. The minimum absolute atomic E-state index is 0.104. The number of carboxylic acid groups (broad SMARTS) is 1. The van der Waals surface area contributed by atoms with Gasteiger partial charge in [0.05, 0.1) is 0 Å². The molecular formula is C26H28N2O6. The molecule has 1 spiro atoms. The Morgan fingerprint density at radius 1 is 1.03 bits per heavy atom. The van der Waals surface area contributed by atoms with Gasteiger partial charge in [0.1, 0.15) is 12.2 Å². The first-order valence-corrected chi connectivity index (χ1v) is 11.4. The van der Waals surface area contributed by atoms with Crippen LogP contribution in [0.25, 0.3) is 11.1 Å². The number of likely N-dealkylation sites (tertiary alicyclic amines) is 1. The zero-order chi connectivity index (χ0) is 24.3. The van der Waals surface area contributed by atoms with E-state index in [1.54, 1.807) is 20.8 Å². The Bertz CT molecular complexity index is 1130. The number of alkyl carbamates (subject to hydrolysis) is 1. The maximum atomic E-state index is 12.7. The first-order valence-electron chi connectivity index (χ1n) is 11.4. The summed E-state index contributed by atoms with van der Waals surface area (Å²) in [6.45, 7) is 5.87. The van der Waals surface area contributed by atoms with Crippen molar-refractivity contribution in [2.24, 2.45) is 5.41 Å². The number of aliphatic carboxylic acids is 1. The van der Waals surface area contributed by atoms with Crippen molar-refractivity contribution in [2.75, 3.05) is 19.7 Å². The molecule has 8 heteroatoms. The molecule has 1 aliphatic heterocycles. The van der Waals surface area contributed by atoms with Crippen LogP contribution in [-0.2, 0) is 14.3 Å². The van der Waals surface area contributed by atoms with Gasteiger partial charge < -0.3 is 24.8 Å². The first-order chi connectivity index (χ1) is 16.1. The predicted molar refractivity (Wildman–Crippen MR) is 123 cm³/mol. The van der Waals surface area contributed by atoms with Crippen LogP contribution >= 0.6 is 0 Å². The first kappa shape index (κ1) is 22.3. The highest BCUT2D eigenvalue weighted by Gasteiger charge is 2.78. The zero-order valence-electron chi connectivity index (χ0n) is 19.5. The van der Waals surface area contributed by atoms with Crippen LogP contribution in [0.2, 0.25) is 0 Å². The minimum atomic E-state index is -1.44. The van der Waals surface area contributed by atoms with Gasteiger partial charge in [0, 0.05) is 24.4 Å². The second-order valence-corrected chi connectivity index (χ2v) is 10.5. The van der Waals surface area contributed by atoms with Crippen molar-refractivity contribution in [3.63, 3.8) is 0 Å². The van der Waals surface area contributed by atoms with E-state index in [4.69, 9.17) is 9.47 Å². The molecule has 3 aliphatic rings. The fourth-order valence-corrected chi connectivity index (χ4v) is 5.33. The topological polar surface area (TPSA) is 105 Å². The number of ether oxygens (including phenoxy) is 2. The van der Waals surface area contributed by atoms with Gasteiger partial charge in [-0.1, -0.05) is 48.5 Å². The fraction of sp³-hybridized carbons (Fsp3) is 0.423. The van der Waals surface area contributed by atoms with Crippen LogP contribution in [0.1, 0.15) is 44.2 Å². The second-order valence-electron chi connectivity index (χ2n) is 10.5. The Kier molecular flexibility index (Phi) is 4.90. The number of hydrogen-bond donors (Lipinski definition) is 2. The molecule has 2 aromatic carbocycles. The summed E-state index contributed by atoms with van der Waals surface area (Å²) in [5.74, 6) is -1.23. The molecule has 0 aromatic heterocycles. The van der Waals surface area contributed by atoms with Crippen LogP contribution in [0.4, 0.5) is 9.59 Å². The van der Waals surface area contributed by atoms with E-state index >= 15 is 0 Å². The summed E-state index contributed by atoms with van der Waals surface area (Å²) in [6, 6.07) is 16.0. The van der Waals surface area contributed by atoms with Crippen LogP contribution < -0.4 is 5.32 Å². The number of rotatable bonds is 4. The average molecular weight is 465 g/mol. The highest BCUT2D eigenvalue weighted by molar-refractivity contribution is 5.91. The maximum Gasteiger partial charge on any atom is 0.410 e. The number of nitrogens with zero attached hydrogens (tertiary/aromatic N) is 1. The normalized spacial score (nSPS) is 21.8. The fourth-order valence-electron chi connectivity index (χ4n) is 5.33. The maximum absolute atomic E-state index is 12.7. The van der Waals surface area contributed by atoms with E-state index in [9.17, 15) is 19.5 Å². The second kappa shape index (κ2) is 7.48. The highest BCUT2D eigenvalue weighted by atomic mass is 16.6. The van der Waals surface area contributed by atoms with Crippen LogP contribution in [0.15, 0.2) is 48.5 Å². The molecule has 1 heterocycles. The summed E-state index contributed by atoms with van der Waals surface area (Å²) in [6.07, 6.45) is -0.999. The number of amides is 2. The number of carbonyl (C=O) groups is 3. The van der Waals surface area contributed by atoms with Crippen molar-refractivity contribution >= 4 is 18.2 Å². The lowest BCUT2D eigenvalue weighted by atomic mass is 9.90. The monoisotopic (exact) mass is 464 g/mol. The van der Waals surface area contributed by atoms with E-state index in [0.717, 1.165) is 22.3 Å². The number of hydrogen-bond acceptors (Lipinski definition) is 5. The standard InChI is InChI=1S/C26H28N2O6/c1-24(2,3)34-23(32)28-14-25(15-28)13-26(25,21(29)30)27-22(31)33-12-20-18-10-6-4-8-16(18)17-9-5-7-11-19(17)20/h4-11,20H,12-15H2,1-3H3,(H,27,31)(H,29,30). The van der Waals surface area contributed by atoms with Gasteiger partial charge in [-0.05, 0) is 49.4 Å². The molecule has 1 atom stereocenters. The number of nitrogens with one attached hydrogen (secondary N) is 1. The number of carboxylic acids is 1. The van der Waals surface area contributed by atoms with Gasteiger partial charge in [0.15, 0.2) is 5.54 Å². The molecular weight excluding hydrogens is 436 g/mol. The summed E-state index contributed by atoms with van der Waals surface area (Å²) < 4.78 is 10.9. The van der Waals surface area contributed by atoms with Gasteiger partial charge in [-0.2, -0.15) is 0 Å². The smallest absolute Gasteiger partial charge is 0.410 e. The molecule has 5 rings (SSSR count). The van der Waals surface area contributed by atoms with Crippen LogP contribution in [-0.4, -0.2) is 59.0 Å². The van der Waals surface area contributed by atoms with Crippen molar-refractivity contribution < 1.29 is 29.0 Å². The third-order valence-electron chi connectivity index (χ3n) is 7.05. The molecule has 34 heavy (non-hydrogen) atoms. The van der Waals surface area contributed by atoms with E-state index in [-0.39, 0.29) is 32.0 Å². The number of benzene rings is 2. The lowest BCUT2D eigenvalue weighted by molar-refractivity contribution is -0.143. The van der Waals surface area contributed by atoms with Crippen molar-refractivity contribution in [3.05, 3.63) is 59.7 Å². The van der Waals surface area contributed by atoms with Crippen molar-refractivity contribution in [2.45, 2.75) is 44.2 Å². The number of fused-ring (bicyclic) bond motifs is 3. The van der Waals surface area contributed by atoms with E-state index < -0.39 is 34.7 Å². The molecule has 2 aromatic rings. The SMILES string of the molecule is CC(C)(C)OC(=O)N1CC2(C1)CC2(NC(=O)OCC1c2ccccc2-c2ccccc21)C(=O)O. The van der Waals surface area contributed by atoms with Crippen molar-refractivity contribution in [3.8, 4) is 11.1 Å². The lowest BCUT2D eigenvalue weighted by Crippen LogP contribution is -2.61. The van der Waals surface area contributed by atoms with E-state index in [1.165, 1.54) is 4.90 Å². The van der Waals surface area contributed by atoms with E-state index in [1.807, 2.05) is 36.4 Å². The largest absolute Gasteiger partial charge is 0.479 e. The van der Waals surface area contributed by atoms with Gasteiger partial charge in [0.2, 0.25) is 0 Å². The Labute approximate surface area is 197 Å². The van der Waals surface area contributed by atoms with E-state index in [2.05, 4.69) is 17.4 Å². The van der Waals surface area contributed by atoms with Crippen molar-refractivity contribution in [1.29, 1.82) is 0 Å². The molecule has 2 fully saturated rings. The van der Waals surface area contributed by atoms with Crippen LogP contribution in [0.5, 0.6) is 0 Å². The molecule has 2 aliphatic carbocycles. The van der Waals surface area contributed by atoms with Crippen LogP contribution in [0.3, 0.4) is 0 Å². The lowest BCUT2D eigenvalue weighted by Gasteiger charge is -2.42. The third-order valence-corrected chi connectivity index (χ3v) is 7.05. The Balaban J connectivity index is 1.23. The van der Waals surface area contributed by atoms with Gasteiger partial charge in [0.25, 0.3) is 0 Å². The molecule has 1 saturated carbocycles. The summed E-state index contributed by atoms with van der Waals surface area (Å²) >= 11 is 0. The predicted octanol–water partition coefficient (Wildman–Crippen LogP) is 3.99. The highest BCUT2D eigenvalue weighted by Crippen LogP contribution is 2.62. The molecule has 2 N–H and O–H groups in total. The van der Waals surface area contributed by atoms with Crippen molar-refractivity contribution in [1.82, 2.24) is 10.2 Å². The summed E-state index contributed by atoms with van der Waals surface area (Å²) in [5, 5.41) is 12.5.